The Bertz CT molecular complexity index is 552. The molecule has 18 heavy (non-hydrogen) atoms. The van der Waals surface area contributed by atoms with Crippen molar-refractivity contribution in [2.24, 2.45) is 5.16 Å². The first-order chi connectivity index (χ1) is 8.75. The van der Waals surface area contributed by atoms with Crippen LogP contribution in [-0.2, 0) is 11.4 Å². The van der Waals surface area contributed by atoms with Crippen LogP contribution in [0.25, 0.3) is 0 Å². The molecule has 3 heteroatoms. The molecule has 0 bridgehead atoms. The summed E-state index contributed by atoms with van der Waals surface area (Å²) < 4.78 is 0. The number of benzene rings is 2. The third-order valence-electron chi connectivity index (χ3n) is 2.44. The molecule has 91 valence electrons. The number of hydrogen-bond acceptors (Lipinski definition) is 2. The van der Waals surface area contributed by atoms with Gasteiger partial charge in [-0.2, -0.15) is 0 Å². The van der Waals surface area contributed by atoms with Crippen molar-refractivity contribution in [3.05, 3.63) is 70.2 Å². The van der Waals surface area contributed by atoms with Crippen molar-refractivity contribution < 1.29 is 4.84 Å². The van der Waals surface area contributed by atoms with Crippen molar-refractivity contribution >= 4 is 17.8 Å². The lowest BCUT2D eigenvalue weighted by Crippen LogP contribution is -1.89. The molecule has 0 aliphatic heterocycles. The summed E-state index contributed by atoms with van der Waals surface area (Å²) in [5.74, 6) is 0. The monoisotopic (exact) mass is 258 g/mol. The van der Waals surface area contributed by atoms with Gasteiger partial charge < -0.3 is 4.84 Å². The van der Waals surface area contributed by atoms with Gasteiger partial charge in [-0.05, 0) is 19.1 Å². The Balaban J connectivity index is 1.91. The maximum atomic E-state index is 6.00. The largest absolute Gasteiger partial charge is 0.390 e. The summed E-state index contributed by atoms with van der Waals surface area (Å²) in [7, 11) is 0. The molecular formula is C15H13ClNO. The maximum Gasteiger partial charge on any atom is 0.143 e. The van der Waals surface area contributed by atoms with E-state index in [1.54, 1.807) is 0 Å². The number of rotatable bonds is 4. The van der Waals surface area contributed by atoms with Crippen molar-refractivity contribution in [2.45, 2.75) is 13.5 Å². The predicted octanol–water partition coefficient (Wildman–Crippen LogP) is 4.08. The van der Waals surface area contributed by atoms with Crippen LogP contribution in [0.4, 0.5) is 0 Å². The van der Waals surface area contributed by atoms with Crippen molar-refractivity contribution in [3.8, 4) is 0 Å². The first-order valence-corrected chi connectivity index (χ1v) is 6.01. The fourth-order valence-electron chi connectivity index (χ4n) is 1.52. The van der Waals surface area contributed by atoms with Crippen LogP contribution in [0.2, 0.25) is 5.02 Å². The van der Waals surface area contributed by atoms with Crippen LogP contribution in [0.5, 0.6) is 0 Å². The average molecular weight is 259 g/mol. The van der Waals surface area contributed by atoms with Crippen molar-refractivity contribution in [3.63, 3.8) is 0 Å². The van der Waals surface area contributed by atoms with Gasteiger partial charge in [-0.1, -0.05) is 58.7 Å². The van der Waals surface area contributed by atoms with E-state index in [1.165, 1.54) is 5.56 Å². The Hall–Kier alpha value is -1.80. The Morgan fingerprint density at radius 2 is 2.00 bits per heavy atom. The minimum atomic E-state index is 0.346. The molecule has 0 aromatic heterocycles. The van der Waals surface area contributed by atoms with E-state index >= 15 is 0 Å². The van der Waals surface area contributed by atoms with Gasteiger partial charge in [0.2, 0.25) is 0 Å². The molecule has 0 N–H and O–H groups in total. The van der Waals surface area contributed by atoms with Crippen LogP contribution in [0.3, 0.4) is 0 Å². The van der Waals surface area contributed by atoms with E-state index < -0.39 is 0 Å². The normalized spacial score (nSPS) is 10.8. The second-order valence-corrected chi connectivity index (χ2v) is 4.34. The summed E-state index contributed by atoms with van der Waals surface area (Å²) in [6.45, 7) is 2.37. The summed E-state index contributed by atoms with van der Waals surface area (Å²) in [5.41, 5.74) is 2.98. The summed E-state index contributed by atoms with van der Waals surface area (Å²) >= 11 is 6.00. The highest BCUT2D eigenvalue weighted by atomic mass is 35.5. The van der Waals surface area contributed by atoms with E-state index in [9.17, 15) is 0 Å². The summed E-state index contributed by atoms with van der Waals surface area (Å²) in [6, 6.07) is 15.4. The molecule has 2 nitrogen and oxygen atoms in total. The molecule has 2 aromatic carbocycles. The standard InChI is InChI=1S/C15H13ClNO/c1-12-5-4-6-13(9-12)10-17-18-11-14-7-2-3-8-15(14)16/h2-9H,11H2,1H3. The maximum absolute atomic E-state index is 6.00. The molecule has 0 aliphatic rings. The first kappa shape index (κ1) is 12.7. The third-order valence-corrected chi connectivity index (χ3v) is 2.80. The van der Waals surface area contributed by atoms with Crippen LogP contribution in [-0.4, -0.2) is 6.21 Å². The molecule has 0 unspecified atom stereocenters. The second kappa shape index (κ2) is 6.22. The first-order valence-electron chi connectivity index (χ1n) is 5.64. The average Bonchev–Trinajstić information content (AvgIpc) is 2.37. The minimum Gasteiger partial charge on any atom is -0.390 e. The van der Waals surface area contributed by atoms with E-state index in [-0.39, 0.29) is 0 Å². The molecule has 2 rings (SSSR count). The fourth-order valence-corrected chi connectivity index (χ4v) is 1.71. The van der Waals surface area contributed by atoms with E-state index in [0.717, 1.165) is 11.1 Å². The fraction of sp³-hybridized carbons (Fsp3) is 0.133. The van der Waals surface area contributed by atoms with Gasteiger partial charge >= 0.3 is 0 Å². The molecule has 0 fully saturated rings. The lowest BCUT2D eigenvalue weighted by Gasteiger charge is -2.01. The third kappa shape index (κ3) is 3.60. The molecule has 0 saturated carbocycles. The van der Waals surface area contributed by atoms with Gasteiger partial charge in [0.25, 0.3) is 0 Å². The van der Waals surface area contributed by atoms with Crippen molar-refractivity contribution in [1.82, 2.24) is 0 Å². The predicted molar refractivity (Wildman–Crippen MR) is 74.0 cm³/mol. The highest BCUT2D eigenvalue weighted by Gasteiger charge is 1.98. The van der Waals surface area contributed by atoms with Crippen molar-refractivity contribution in [1.29, 1.82) is 0 Å². The number of hydrogen-bond donors (Lipinski definition) is 0. The van der Waals surface area contributed by atoms with Crippen LogP contribution in [0.1, 0.15) is 16.7 Å². The Morgan fingerprint density at radius 1 is 1.17 bits per heavy atom. The lowest BCUT2D eigenvalue weighted by atomic mass is 10.2. The van der Waals surface area contributed by atoms with Crippen molar-refractivity contribution in [2.75, 3.05) is 0 Å². The molecule has 0 saturated heterocycles. The number of nitrogens with zero attached hydrogens (tertiary/aromatic N) is 1. The molecule has 1 radical (unpaired) electrons. The Morgan fingerprint density at radius 3 is 2.78 bits per heavy atom. The zero-order chi connectivity index (χ0) is 12.8. The number of halogens is 1. The zero-order valence-electron chi connectivity index (χ0n) is 10.1. The van der Waals surface area contributed by atoms with Gasteiger partial charge in [-0.25, -0.2) is 0 Å². The molecule has 0 amide bonds. The SMILES string of the molecule is Cc1cccc(/[C]=N\OCc2ccccc2Cl)c1. The molecule has 2 aromatic rings. The molecular weight excluding hydrogens is 246 g/mol. The molecule has 0 heterocycles. The van der Waals surface area contributed by atoms with E-state index in [4.69, 9.17) is 16.4 Å². The zero-order valence-corrected chi connectivity index (χ0v) is 10.8. The van der Waals surface area contributed by atoms with Gasteiger partial charge in [0.05, 0.1) is 0 Å². The topological polar surface area (TPSA) is 21.6 Å². The van der Waals surface area contributed by atoms with Gasteiger partial charge in [-0.15, -0.1) is 0 Å². The van der Waals surface area contributed by atoms with Crippen LogP contribution < -0.4 is 0 Å². The molecule has 0 atom stereocenters. The van der Waals surface area contributed by atoms with E-state index in [0.29, 0.717) is 11.6 Å². The lowest BCUT2D eigenvalue weighted by molar-refractivity contribution is 0.132. The molecule has 0 aliphatic carbocycles. The quantitative estimate of drug-likeness (QED) is 0.598. The smallest absolute Gasteiger partial charge is 0.143 e. The van der Waals surface area contributed by atoms with Crippen LogP contribution in [0, 0.1) is 6.92 Å². The second-order valence-electron chi connectivity index (χ2n) is 3.94. The minimum absolute atomic E-state index is 0.346. The van der Waals surface area contributed by atoms with Gasteiger partial charge in [0.15, 0.2) is 0 Å². The van der Waals surface area contributed by atoms with Gasteiger partial charge in [0, 0.05) is 16.1 Å². The summed E-state index contributed by atoms with van der Waals surface area (Å²) in [5, 5.41) is 4.49. The van der Waals surface area contributed by atoms with Gasteiger partial charge in [-0.3, -0.25) is 0 Å². The van der Waals surface area contributed by atoms with E-state index in [1.807, 2.05) is 55.5 Å². The highest BCUT2D eigenvalue weighted by Crippen LogP contribution is 2.15. The number of aryl methyl sites for hydroxylation is 1. The van der Waals surface area contributed by atoms with Crippen LogP contribution in [0.15, 0.2) is 53.7 Å². The van der Waals surface area contributed by atoms with Gasteiger partial charge in [0.1, 0.15) is 12.8 Å². The summed E-state index contributed by atoms with van der Waals surface area (Å²) in [6.07, 6.45) is 2.83. The van der Waals surface area contributed by atoms with Crippen LogP contribution >= 0.6 is 11.6 Å². The summed E-state index contributed by atoms with van der Waals surface area (Å²) in [4.78, 5) is 5.17. The Kier molecular flexibility index (Phi) is 4.37. The Labute approximate surface area is 112 Å². The van der Waals surface area contributed by atoms with E-state index in [2.05, 4.69) is 11.4 Å². The molecule has 0 spiro atoms. The highest BCUT2D eigenvalue weighted by molar-refractivity contribution is 6.31.